The molecule has 0 unspecified atom stereocenters. The predicted octanol–water partition coefficient (Wildman–Crippen LogP) is 0.364. The normalized spacial score (nSPS) is 14.6. The number of hydrogen-bond donors (Lipinski definition) is 0. The van der Waals surface area contributed by atoms with Crippen LogP contribution in [0.2, 0.25) is 0 Å². The van der Waals surface area contributed by atoms with Crippen LogP contribution in [0.25, 0.3) is 0 Å². The van der Waals surface area contributed by atoms with Gasteiger partial charge in [-0.2, -0.15) is 0 Å². The number of amides is 3. The first-order valence-corrected chi connectivity index (χ1v) is 8.89. The second-order valence-corrected chi connectivity index (χ2v) is 6.75. The Kier molecular flexibility index (Phi) is 7.20. The first-order chi connectivity index (χ1) is 12.4. The van der Waals surface area contributed by atoms with E-state index in [2.05, 4.69) is 4.90 Å². The zero-order valence-corrected chi connectivity index (χ0v) is 15.8. The van der Waals surface area contributed by atoms with Crippen molar-refractivity contribution in [2.75, 3.05) is 59.9 Å². The molecule has 0 aromatic carbocycles. The second-order valence-electron chi connectivity index (χ2n) is 6.75. The van der Waals surface area contributed by atoms with Crippen molar-refractivity contribution in [3.63, 3.8) is 0 Å². The lowest BCUT2D eigenvalue weighted by Crippen LogP contribution is -2.53. The van der Waals surface area contributed by atoms with E-state index in [4.69, 9.17) is 4.42 Å². The highest BCUT2D eigenvalue weighted by atomic mass is 16.3. The summed E-state index contributed by atoms with van der Waals surface area (Å²) in [6, 6.07) is 3.32. The van der Waals surface area contributed by atoms with Crippen molar-refractivity contribution >= 4 is 17.7 Å². The Morgan fingerprint density at radius 3 is 2.27 bits per heavy atom. The van der Waals surface area contributed by atoms with Crippen LogP contribution in [0.15, 0.2) is 22.8 Å². The Bertz CT molecular complexity index is 607. The molecule has 1 aliphatic rings. The van der Waals surface area contributed by atoms with Crippen LogP contribution >= 0.6 is 0 Å². The van der Waals surface area contributed by atoms with Crippen LogP contribution in [-0.2, 0) is 9.59 Å². The van der Waals surface area contributed by atoms with Crippen molar-refractivity contribution in [2.24, 2.45) is 0 Å². The fourth-order valence-electron chi connectivity index (χ4n) is 2.90. The third-order valence-electron chi connectivity index (χ3n) is 4.46. The van der Waals surface area contributed by atoms with E-state index in [1.54, 1.807) is 26.8 Å². The first-order valence-electron chi connectivity index (χ1n) is 8.89. The maximum atomic E-state index is 12.5. The van der Waals surface area contributed by atoms with Gasteiger partial charge < -0.3 is 24.0 Å². The lowest BCUT2D eigenvalue weighted by atomic mass is 10.2. The summed E-state index contributed by atoms with van der Waals surface area (Å²) in [6.45, 7) is 4.88. The van der Waals surface area contributed by atoms with E-state index >= 15 is 0 Å². The van der Waals surface area contributed by atoms with Gasteiger partial charge in [0.2, 0.25) is 11.8 Å². The van der Waals surface area contributed by atoms with Crippen LogP contribution < -0.4 is 0 Å². The number of rotatable bonds is 7. The molecule has 1 aromatic rings. The maximum Gasteiger partial charge on any atom is 0.289 e. The van der Waals surface area contributed by atoms with Crippen LogP contribution in [0.1, 0.15) is 23.9 Å². The van der Waals surface area contributed by atoms with Crippen LogP contribution in [0.4, 0.5) is 0 Å². The molecule has 8 heteroatoms. The number of piperazine rings is 1. The Balaban J connectivity index is 1.81. The van der Waals surface area contributed by atoms with Crippen LogP contribution in [0, 0.1) is 0 Å². The lowest BCUT2D eigenvalue weighted by Gasteiger charge is -2.35. The van der Waals surface area contributed by atoms with Gasteiger partial charge in [0.1, 0.15) is 0 Å². The molecule has 0 spiro atoms. The summed E-state index contributed by atoms with van der Waals surface area (Å²) in [5.74, 6) is -0.0107. The van der Waals surface area contributed by atoms with Crippen LogP contribution in [0.5, 0.6) is 0 Å². The summed E-state index contributed by atoms with van der Waals surface area (Å²) in [5, 5.41) is 0. The van der Waals surface area contributed by atoms with Crippen molar-refractivity contribution in [3.8, 4) is 0 Å². The molecule has 144 valence electrons. The van der Waals surface area contributed by atoms with Gasteiger partial charge in [0.25, 0.3) is 5.91 Å². The zero-order valence-electron chi connectivity index (χ0n) is 15.8. The summed E-state index contributed by atoms with van der Waals surface area (Å²) >= 11 is 0. The highest BCUT2D eigenvalue weighted by Crippen LogP contribution is 2.10. The zero-order chi connectivity index (χ0) is 19.1. The molecular formula is C18H28N4O4. The molecule has 0 radical (unpaired) electrons. The van der Waals surface area contributed by atoms with Gasteiger partial charge in [0, 0.05) is 39.6 Å². The Morgan fingerprint density at radius 1 is 1.08 bits per heavy atom. The van der Waals surface area contributed by atoms with E-state index in [0.29, 0.717) is 38.5 Å². The van der Waals surface area contributed by atoms with E-state index in [9.17, 15) is 14.4 Å². The van der Waals surface area contributed by atoms with Crippen LogP contribution in [0.3, 0.4) is 0 Å². The SMILES string of the molecule is CC(=O)N(CCCN(C)C)CC(=O)N1CCN(C(=O)c2ccco2)CC1. The molecule has 1 saturated heterocycles. The molecule has 8 nitrogen and oxygen atoms in total. The van der Waals surface area contributed by atoms with Gasteiger partial charge in [-0.15, -0.1) is 0 Å². The third kappa shape index (κ3) is 5.59. The number of hydrogen-bond acceptors (Lipinski definition) is 5. The summed E-state index contributed by atoms with van der Waals surface area (Å²) in [4.78, 5) is 43.6. The summed E-state index contributed by atoms with van der Waals surface area (Å²) < 4.78 is 5.14. The maximum absolute atomic E-state index is 12.5. The van der Waals surface area contributed by atoms with Gasteiger partial charge in [0.15, 0.2) is 5.76 Å². The minimum Gasteiger partial charge on any atom is -0.459 e. The summed E-state index contributed by atoms with van der Waals surface area (Å²) in [7, 11) is 3.96. The van der Waals surface area contributed by atoms with Gasteiger partial charge in [-0.3, -0.25) is 14.4 Å². The monoisotopic (exact) mass is 364 g/mol. The van der Waals surface area contributed by atoms with Gasteiger partial charge in [-0.25, -0.2) is 0 Å². The number of nitrogens with zero attached hydrogens (tertiary/aromatic N) is 4. The Labute approximate surface area is 154 Å². The van der Waals surface area contributed by atoms with Crippen molar-refractivity contribution in [3.05, 3.63) is 24.2 Å². The molecule has 1 aliphatic heterocycles. The fraction of sp³-hybridized carbons (Fsp3) is 0.611. The molecular weight excluding hydrogens is 336 g/mol. The van der Waals surface area contributed by atoms with E-state index in [-0.39, 0.29) is 24.3 Å². The molecule has 0 saturated carbocycles. The minimum absolute atomic E-state index is 0.0739. The van der Waals surface area contributed by atoms with Crippen molar-refractivity contribution < 1.29 is 18.8 Å². The van der Waals surface area contributed by atoms with Crippen molar-refractivity contribution in [1.29, 1.82) is 0 Å². The van der Waals surface area contributed by atoms with Crippen molar-refractivity contribution in [1.82, 2.24) is 19.6 Å². The van der Waals surface area contributed by atoms with Gasteiger partial charge in [0.05, 0.1) is 12.8 Å². The summed E-state index contributed by atoms with van der Waals surface area (Å²) in [6.07, 6.45) is 2.30. The first kappa shape index (κ1) is 20.0. The molecule has 2 rings (SSSR count). The lowest BCUT2D eigenvalue weighted by molar-refractivity contribution is -0.140. The smallest absolute Gasteiger partial charge is 0.289 e. The number of carbonyl (C=O) groups is 3. The van der Waals surface area contributed by atoms with Crippen molar-refractivity contribution in [2.45, 2.75) is 13.3 Å². The standard InChI is InChI=1S/C18H28N4O4/c1-15(23)22(8-5-7-19(2)3)14-17(24)20-9-11-21(12-10-20)18(25)16-6-4-13-26-16/h4,6,13H,5,7-12,14H2,1-3H3. The molecule has 0 N–H and O–H groups in total. The predicted molar refractivity (Wildman–Crippen MR) is 96.6 cm³/mol. The molecule has 0 atom stereocenters. The average molecular weight is 364 g/mol. The van der Waals surface area contributed by atoms with E-state index in [1.807, 2.05) is 14.1 Å². The highest BCUT2D eigenvalue weighted by molar-refractivity contribution is 5.91. The van der Waals surface area contributed by atoms with Crippen LogP contribution in [-0.4, -0.2) is 97.2 Å². The minimum atomic E-state index is -0.156. The highest BCUT2D eigenvalue weighted by Gasteiger charge is 2.27. The molecule has 1 aromatic heterocycles. The Morgan fingerprint density at radius 2 is 1.73 bits per heavy atom. The number of furan rings is 1. The van der Waals surface area contributed by atoms with Gasteiger partial charge >= 0.3 is 0 Å². The van der Waals surface area contributed by atoms with Gasteiger partial charge in [-0.05, 0) is 39.2 Å². The fourth-order valence-corrected chi connectivity index (χ4v) is 2.90. The quantitative estimate of drug-likeness (QED) is 0.698. The summed E-state index contributed by atoms with van der Waals surface area (Å²) in [5.41, 5.74) is 0. The molecule has 26 heavy (non-hydrogen) atoms. The Hall–Kier alpha value is -2.35. The average Bonchev–Trinajstić information content (AvgIpc) is 3.14. The van der Waals surface area contributed by atoms with E-state index in [1.165, 1.54) is 13.2 Å². The third-order valence-corrected chi connectivity index (χ3v) is 4.46. The molecule has 0 bridgehead atoms. The second kappa shape index (κ2) is 9.38. The molecule has 0 aliphatic carbocycles. The number of carbonyl (C=O) groups excluding carboxylic acids is 3. The molecule has 2 heterocycles. The topological polar surface area (TPSA) is 77.3 Å². The molecule has 3 amide bonds. The largest absolute Gasteiger partial charge is 0.459 e. The van der Waals surface area contributed by atoms with E-state index in [0.717, 1.165) is 13.0 Å². The van der Waals surface area contributed by atoms with Gasteiger partial charge in [-0.1, -0.05) is 0 Å². The molecule has 1 fully saturated rings. The van der Waals surface area contributed by atoms with E-state index < -0.39 is 0 Å².